The van der Waals surface area contributed by atoms with Gasteiger partial charge in [-0.25, -0.2) is 0 Å². The molecule has 0 saturated carbocycles. The number of methoxy groups -OCH3 is 1. The first kappa shape index (κ1) is 11.9. The van der Waals surface area contributed by atoms with Crippen LogP contribution < -0.4 is 4.90 Å². The fourth-order valence-corrected chi connectivity index (χ4v) is 1.28. The second kappa shape index (κ2) is 5.66. The molecule has 84 valence electrons. The van der Waals surface area contributed by atoms with Crippen molar-refractivity contribution in [3.63, 3.8) is 0 Å². The van der Waals surface area contributed by atoms with Crippen molar-refractivity contribution >= 4 is 5.82 Å². The summed E-state index contributed by atoms with van der Waals surface area (Å²) in [5.41, 5.74) is 2.17. The summed E-state index contributed by atoms with van der Waals surface area (Å²) < 4.78 is 5.01. The molecule has 0 atom stereocenters. The lowest BCUT2D eigenvalue weighted by atomic mass is 10.2. The van der Waals surface area contributed by atoms with Gasteiger partial charge in [-0.3, -0.25) is 0 Å². The van der Waals surface area contributed by atoms with Crippen LogP contribution in [0.15, 0.2) is 6.07 Å². The predicted octanol–water partition coefficient (Wildman–Crippen LogP) is 1.57. The van der Waals surface area contributed by atoms with Crippen LogP contribution in [-0.2, 0) is 4.74 Å². The van der Waals surface area contributed by atoms with Crippen molar-refractivity contribution in [1.29, 1.82) is 0 Å². The monoisotopic (exact) mass is 209 g/mol. The van der Waals surface area contributed by atoms with E-state index in [2.05, 4.69) is 28.1 Å². The minimum atomic E-state index is 0.780. The minimum Gasteiger partial charge on any atom is -0.385 e. The zero-order chi connectivity index (χ0) is 11.3. The van der Waals surface area contributed by atoms with Crippen molar-refractivity contribution in [2.24, 2.45) is 0 Å². The lowest BCUT2D eigenvalue weighted by Gasteiger charge is -2.17. The molecule has 0 N–H and O–H groups in total. The summed E-state index contributed by atoms with van der Waals surface area (Å²) in [6.07, 6.45) is 1.00. The van der Waals surface area contributed by atoms with Crippen molar-refractivity contribution in [3.05, 3.63) is 17.3 Å². The van der Waals surface area contributed by atoms with Crippen LogP contribution in [0.2, 0.25) is 0 Å². The maximum absolute atomic E-state index is 5.01. The van der Waals surface area contributed by atoms with E-state index in [1.165, 1.54) is 5.56 Å². The van der Waals surface area contributed by atoms with Crippen molar-refractivity contribution in [2.45, 2.75) is 20.3 Å². The Labute approximate surface area is 91.3 Å². The van der Waals surface area contributed by atoms with Crippen molar-refractivity contribution in [1.82, 2.24) is 10.2 Å². The van der Waals surface area contributed by atoms with Gasteiger partial charge in [0.05, 0.1) is 5.69 Å². The first-order valence-electron chi connectivity index (χ1n) is 5.16. The third-order valence-electron chi connectivity index (χ3n) is 2.45. The molecule has 0 saturated heterocycles. The molecule has 0 radical (unpaired) electrons. The van der Waals surface area contributed by atoms with E-state index in [9.17, 15) is 0 Å². The van der Waals surface area contributed by atoms with Crippen LogP contribution in [0, 0.1) is 13.8 Å². The largest absolute Gasteiger partial charge is 0.385 e. The van der Waals surface area contributed by atoms with Gasteiger partial charge in [-0.05, 0) is 31.9 Å². The SMILES string of the molecule is COCCCN(C)c1cc(C)c(C)nn1. The lowest BCUT2D eigenvalue weighted by Crippen LogP contribution is -2.21. The second-order valence-corrected chi connectivity index (χ2v) is 3.74. The highest BCUT2D eigenvalue weighted by molar-refractivity contribution is 5.39. The van der Waals surface area contributed by atoms with Gasteiger partial charge in [0.15, 0.2) is 5.82 Å². The Morgan fingerprint density at radius 3 is 2.67 bits per heavy atom. The quantitative estimate of drug-likeness (QED) is 0.690. The average molecular weight is 209 g/mol. The molecule has 1 rings (SSSR count). The molecule has 0 unspecified atom stereocenters. The van der Waals surface area contributed by atoms with Crippen molar-refractivity contribution in [2.75, 3.05) is 32.2 Å². The molecule has 0 spiro atoms. The molecule has 0 aliphatic carbocycles. The van der Waals surface area contributed by atoms with Crippen molar-refractivity contribution < 1.29 is 4.74 Å². The Balaban J connectivity index is 2.57. The fraction of sp³-hybridized carbons (Fsp3) is 0.636. The van der Waals surface area contributed by atoms with E-state index in [-0.39, 0.29) is 0 Å². The van der Waals surface area contributed by atoms with Gasteiger partial charge in [0.1, 0.15) is 0 Å². The van der Waals surface area contributed by atoms with Crippen LogP contribution in [0.4, 0.5) is 5.82 Å². The smallest absolute Gasteiger partial charge is 0.151 e. The number of hydrogen-bond acceptors (Lipinski definition) is 4. The number of anilines is 1. The summed E-state index contributed by atoms with van der Waals surface area (Å²) >= 11 is 0. The topological polar surface area (TPSA) is 38.2 Å². The standard InChI is InChI=1S/C11H19N3O/c1-9-8-11(13-12-10(9)2)14(3)6-5-7-15-4/h8H,5-7H2,1-4H3. The number of rotatable bonds is 5. The van der Waals surface area contributed by atoms with E-state index in [0.717, 1.165) is 31.1 Å². The minimum absolute atomic E-state index is 0.780. The lowest BCUT2D eigenvalue weighted by molar-refractivity contribution is 0.196. The molecule has 1 aromatic heterocycles. The number of nitrogens with zero attached hydrogens (tertiary/aromatic N) is 3. The number of hydrogen-bond donors (Lipinski definition) is 0. The summed E-state index contributed by atoms with van der Waals surface area (Å²) in [5.74, 6) is 0.925. The molecule has 4 nitrogen and oxygen atoms in total. The van der Waals surface area contributed by atoms with Gasteiger partial charge in [-0.1, -0.05) is 0 Å². The normalized spacial score (nSPS) is 10.4. The number of aromatic nitrogens is 2. The molecular weight excluding hydrogens is 190 g/mol. The zero-order valence-electron chi connectivity index (χ0n) is 9.95. The molecule has 1 aromatic rings. The van der Waals surface area contributed by atoms with E-state index in [0.29, 0.717) is 0 Å². The van der Waals surface area contributed by atoms with Gasteiger partial charge in [0.2, 0.25) is 0 Å². The molecule has 15 heavy (non-hydrogen) atoms. The third kappa shape index (κ3) is 3.47. The highest BCUT2D eigenvalue weighted by Gasteiger charge is 2.04. The zero-order valence-corrected chi connectivity index (χ0v) is 9.95. The Morgan fingerprint density at radius 1 is 1.33 bits per heavy atom. The Hall–Kier alpha value is -1.16. The molecule has 0 fully saturated rings. The maximum atomic E-state index is 5.01. The van der Waals surface area contributed by atoms with Crippen LogP contribution in [0.3, 0.4) is 0 Å². The molecule has 0 aliphatic rings. The van der Waals surface area contributed by atoms with Crippen LogP contribution in [0.1, 0.15) is 17.7 Å². The maximum Gasteiger partial charge on any atom is 0.151 e. The van der Waals surface area contributed by atoms with Crippen LogP contribution in [0.5, 0.6) is 0 Å². The first-order chi connectivity index (χ1) is 7.15. The summed E-state index contributed by atoms with van der Waals surface area (Å²) in [4.78, 5) is 2.10. The summed E-state index contributed by atoms with van der Waals surface area (Å²) in [5, 5.41) is 8.26. The van der Waals surface area contributed by atoms with Gasteiger partial charge in [-0.2, -0.15) is 5.10 Å². The summed E-state index contributed by atoms with van der Waals surface area (Å²) in [6, 6.07) is 2.06. The number of aryl methyl sites for hydroxylation is 2. The Bertz CT molecular complexity index is 315. The second-order valence-electron chi connectivity index (χ2n) is 3.74. The molecule has 0 amide bonds. The third-order valence-corrected chi connectivity index (χ3v) is 2.45. The van der Waals surface area contributed by atoms with E-state index in [1.54, 1.807) is 7.11 Å². The van der Waals surface area contributed by atoms with Gasteiger partial charge in [-0.15, -0.1) is 5.10 Å². The number of ether oxygens (including phenoxy) is 1. The highest BCUT2D eigenvalue weighted by atomic mass is 16.5. The molecule has 0 bridgehead atoms. The Kier molecular flexibility index (Phi) is 4.49. The predicted molar refractivity (Wildman–Crippen MR) is 61.3 cm³/mol. The van der Waals surface area contributed by atoms with Gasteiger partial charge >= 0.3 is 0 Å². The molecular formula is C11H19N3O. The van der Waals surface area contributed by atoms with E-state index in [1.807, 2.05) is 14.0 Å². The van der Waals surface area contributed by atoms with Crippen LogP contribution >= 0.6 is 0 Å². The van der Waals surface area contributed by atoms with Gasteiger partial charge < -0.3 is 9.64 Å². The molecule has 0 aliphatic heterocycles. The molecule has 0 aromatic carbocycles. The fourth-order valence-electron chi connectivity index (χ4n) is 1.28. The Morgan fingerprint density at radius 2 is 2.07 bits per heavy atom. The van der Waals surface area contributed by atoms with E-state index in [4.69, 9.17) is 4.74 Å². The molecule has 1 heterocycles. The average Bonchev–Trinajstić information content (AvgIpc) is 2.22. The van der Waals surface area contributed by atoms with Gasteiger partial charge in [0.25, 0.3) is 0 Å². The van der Waals surface area contributed by atoms with Crippen LogP contribution in [0.25, 0.3) is 0 Å². The van der Waals surface area contributed by atoms with Crippen LogP contribution in [-0.4, -0.2) is 37.5 Å². The highest BCUT2D eigenvalue weighted by Crippen LogP contribution is 2.11. The summed E-state index contributed by atoms with van der Waals surface area (Å²) in [6.45, 7) is 5.74. The van der Waals surface area contributed by atoms with E-state index < -0.39 is 0 Å². The van der Waals surface area contributed by atoms with Gasteiger partial charge in [0, 0.05) is 27.3 Å². The molecule has 4 heteroatoms. The summed E-state index contributed by atoms with van der Waals surface area (Å²) in [7, 11) is 3.74. The van der Waals surface area contributed by atoms with Crippen molar-refractivity contribution in [3.8, 4) is 0 Å². The van der Waals surface area contributed by atoms with E-state index >= 15 is 0 Å². The first-order valence-corrected chi connectivity index (χ1v) is 5.16.